The van der Waals surface area contributed by atoms with Gasteiger partial charge in [-0.1, -0.05) is 11.6 Å². The molecule has 142 valence electrons. The summed E-state index contributed by atoms with van der Waals surface area (Å²) in [4.78, 5) is 17.2. The van der Waals surface area contributed by atoms with E-state index in [1.54, 1.807) is 17.8 Å². The topological polar surface area (TPSA) is 71.8 Å². The van der Waals surface area contributed by atoms with Crippen molar-refractivity contribution >= 4 is 36.4 Å². The molecule has 2 aromatic rings. The van der Waals surface area contributed by atoms with Crippen LogP contribution in [0.3, 0.4) is 0 Å². The smallest absolute Gasteiger partial charge is 0.257 e. The van der Waals surface area contributed by atoms with E-state index in [2.05, 4.69) is 27.1 Å². The first-order valence-electron chi connectivity index (χ1n) is 9.56. The van der Waals surface area contributed by atoms with Crippen molar-refractivity contribution in [1.82, 2.24) is 19.9 Å². The maximum Gasteiger partial charge on any atom is 0.257 e. The van der Waals surface area contributed by atoms with Crippen LogP contribution in [0.15, 0.2) is 12.3 Å². The summed E-state index contributed by atoms with van der Waals surface area (Å²) in [6.07, 6.45) is 6.41. The number of methoxy groups -OCH3 is 1. The first-order chi connectivity index (χ1) is 13.1. The fourth-order valence-electron chi connectivity index (χ4n) is 5.73. The number of carbonyl (C=O) groups is 1. The van der Waals surface area contributed by atoms with Crippen molar-refractivity contribution in [3.8, 4) is 0 Å². The molecule has 4 fully saturated rings. The molecule has 27 heavy (non-hydrogen) atoms. The number of hydrogen-bond acceptors (Lipinski definition) is 5. The highest BCUT2D eigenvalue weighted by atomic mass is 35.5. The Kier molecular flexibility index (Phi) is 3.27. The molecule has 1 N–H and O–H groups in total. The van der Waals surface area contributed by atoms with Gasteiger partial charge in [0.25, 0.3) is 5.91 Å². The Hall–Kier alpha value is -1.43. The maximum atomic E-state index is 12.8. The Morgan fingerprint density at radius 3 is 2.78 bits per heavy atom. The van der Waals surface area contributed by atoms with Crippen LogP contribution >= 0.6 is 19.0 Å². The van der Waals surface area contributed by atoms with Gasteiger partial charge in [-0.05, 0) is 12.8 Å². The average molecular weight is 407 g/mol. The third-order valence-corrected chi connectivity index (χ3v) is 13.3. The van der Waals surface area contributed by atoms with Gasteiger partial charge in [-0.25, -0.2) is 9.65 Å². The van der Waals surface area contributed by atoms with E-state index in [0.29, 0.717) is 16.4 Å². The Labute approximate surface area is 162 Å². The van der Waals surface area contributed by atoms with E-state index in [4.69, 9.17) is 16.3 Å². The first kappa shape index (κ1) is 16.5. The Morgan fingerprint density at radius 2 is 2.19 bits per heavy atom. The number of rotatable bonds is 5. The molecule has 3 aliphatic heterocycles. The summed E-state index contributed by atoms with van der Waals surface area (Å²) in [7, 11) is 2.87. The van der Waals surface area contributed by atoms with Crippen LogP contribution in [0.4, 0.5) is 5.82 Å². The number of anilines is 1. The average Bonchev–Trinajstić information content (AvgIpc) is 3.11. The fourth-order valence-corrected chi connectivity index (χ4v) is 12.0. The van der Waals surface area contributed by atoms with E-state index in [9.17, 15) is 4.79 Å². The Balaban J connectivity index is 1.34. The summed E-state index contributed by atoms with van der Waals surface area (Å²) >= 11 is 6.35. The molecule has 4 atom stereocenters. The monoisotopic (exact) mass is 406 g/mol. The lowest BCUT2D eigenvalue weighted by atomic mass is 9.89. The minimum atomic E-state index is -0.983. The Bertz CT molecular complexity index is 957. The zero-order valence-corrected chi connectivity index (χ0v) is 17.0. The number of hydrogen-bond donors (Lipinski definition) is 1. The van der Waals surface area contributed by atoms with Crippen LogP contribution < -0.4 is 9.99 Å². The molecule has 4 aliphatic rings. The predicted molar refractivity (Wildman–Crippen MR) is 105 cm³/mol. The number of amides is 1. The van der Waals surface area contributed by atoms with Crippen molar-refractivity contribution in [3.63, 3.8) is 0 Å². The van der Waals surface area contributed by atoms with Crippen LogP contribution in [-0.4, -0.2) is 63.8 Å². The van der Waals surface area contributed by atoms with Crippen LogP contribution in [0.2, 0.25) is 5.15 Å². The summed E-state index contributed by atoms with van der Waals surface area (Å²) in [5.41, 5.74) is 3.76. The molecule has 6 rings (SSSR count). The van der Waals surface area contributed by atoms with E-state index in [0.717, 1.165) is 35.6 Å². The third-order valence-electron chi connectivity index (χ3n) is 7.38. The van der Waals surface area contributed by atoms with Gasteiger partial charge in [0.05, 0.1) is 24.0 Å². The highest BCUT2D eigenvalue weighted by Crippen LogP contribution is 3.05. The van der Waals surface area contributed by atoms with Crippen molar-refractivity contribution in [3.05, 3.63) is 23.0 Å². The second-order valence-corrected chi connectivity index (χ2v) is 12.9. The van der Waals surface area contributed by atoms with Gasteiger partial charge in [-0.3, -0.25) is 4.79 Å². The van der Waals surface area contributed by atoms with Gasteiger partial charge < -0.3 is 10.1 Å². The third kappa shape index (κ3) is 1.93. The zero-order chi connectivity index (χ0) is 18.5. The predicted octanol–water partition coefficient (Wildman–Crippen LogP) is 2.59. The fraction of sp³-hybridized carbons (Fsp3) is 0.611. The number of nitrogens with one attached hydrogen (secondary N) is 1. The van der Waals surface area contributed by atoms with Gasteiger partial charge in [0.15, 0.2) is 11.5 Å². The van der Waals surface area contributed by atoms with Gasteiger partial charge in [-0.15, -0.1) is 0 Å². The quantitative estimate of drug-likeness (QED) is 0.610. The molecule has 0 bridgehead atoms. The summed E-state index contributed by atoms with van der Waals surface area (Å²) in [6, 6.07) is 1.94. The van der Waals surface area contributed by atoms with E-state index < -0.39 is 7.41 Å². The molecule has 2 aromatic heterocycles. The molecule has 0 radical (unpaired) electrons. The SMILES string of the molecule is COC1CCC1NC(=O)c1cnn2c(N(C)[P+]34C5CC3C4C5)cc(Cl)nc12. The van der Waals surface area contributed by atoms with Crippen LogP contribution in [0, 0.1) is 0 Å². The largest absolute Gasteiger partial charge is 0.379 e. The van der Waals surface area contributed by atoms with Gasteiger partial charge in [0, 0.05) is 33.1 Å². The lowest BCUT2D eigenvalue weighted by Gasteiger charge is -2.39. The number of ether oxygens (including phenoxy) is 1. The van der Waals surface area contributed by atoms with E-state index >= 15 is 0 Å². The molecule has 1 aliphatic carbocycles. The number of nitrogens with zero attached hydrogens (tertiary/aromatic N) is 4. The molecule has 5 heterocycles. The van der Waals surface area contributed by atoms with E-state index in [1.807, 2.05) is 6.07 Å². The summed E-state index contributed by atoms with van der Waals surface area (Å²) in [5.74, 6) is 0.802. The van der Waals surface area contributed by atoms with Gasteiger partial charge in [-0.2, -0.15) is 9.61 Å². The molecule has 7 nitrogen and oxygen atoms in total. The number of aromatic nitrogens is 3. The minimum absolute atomic E-state index is 0.0536. The lowest BCUT2D eigenvalue weighted by molar-refractivity contribution is 0.00732. The normalized spacial score (nSPS) is 37.7. The standard InChI is InChI=1S/C18H21ClN5O2P/c1-23(27-9-5-13(27)14(27)6-9)16-7-15(19)22-17-10(8-20-24(16)17)18(25)21-11-3-4-12(11)26-2/h7-9,11-14H,3-6H2,1-2H3/p+1. The zero-order valence-electron chi connectivity index (χ0n) is 15.3. The number of fused-ring (bicyclic) bond motifs is 2. The van der Waals surface area contributed by atoms with Crippen LogP contribution in [-0.2, 0) is 4.74 Å². The summed E-state index contributed by atoms with van der Waals surface area (Å²) < 4.78 is 9.61. The molecular weight excluding hydrogens is 385 g/mol. The van der Waals surface area contributed by atoms with Crippen molar-refractivity contribution in [2.45, 2.75) is 54.8 Å². The summed E-state index contributed by atoms with van der Waals surface area (Å²) in [6.45, 7) is 0. The van der Waals surface area contributed by atoms with Gasteiger partial charge in [0.2, 0.25) is 0 Å². The molecule has 4 unspecified atom stereocenters. The summed E-state index contributed by atoms with van der Waals surface area (Å²) in [5, 5.41) is 7.96. The molecule has 0 aromatic carbocycles. The molecular formula is C18H22ClN5O2P+. The van der Waals surface area contributed by atoms with E-state index in [1.165, 1.54) is 12.8 Å². The Morgan fingerprint density at radius 1 is 1.41 bits per heavy atom. The number of carbonyl (C=O) groups excluding carboxylic acids is 1. The van der Waals surface area contributed by atoms with Gasteiger partial charge in [0.1, 0.15) is 29.4 Å². The highest BCUT2D eigenvalue weighted by molar-refractivity contribution is 7.89. The second kappa shape index (κ2) is 5.34. The second-order valence-electron chi connectivity index (χ2n) is 8.24. The minimum Gasteiger partial charge on any atom is -0.379 e. The van der Waals surface area contributed by atoms with Gasteiger partial charge >= 0.3 is 0 Å². The van der Waals surface area contributed by atoms with Crippen LogP contribution in [0.25, 0.3) is 5.65 Å². The maximum absolute atomic E-state index is 12.8. The van der Waals surface area contributed by atoms with Crippen molar-refractivity contribution in [1.29, 1.82) is 0 Å². The lowest BCUT2D eigenvalue weighted by Crippen LogP contribution is -2.51. The van der Waals surface area contributed by atoms with Crippen LogP contribution in [0.5, 0.6) is 0 Å². The van der Waals surface area contributed by atoms with E-state index in [-0.39, 0.29) is 18.1 Å². The first-order valence-corrected chi connectivity index (χ1v) is 11.9. The van der Waals surface area contributed by atoms with Crippen molar-refractivity contribution in [2.75, 3.05) is 18.8 Å². The van der Waals surface area contributed by atoms with Crippen molar-refractivity contribution in [2.24, 2.45) is 0 Å². The van der Waals surface area contributed by atoms with Crippen molar-refractivity contribution < 1.29 is 9.53 Å². The molecule has 9 heteroatoms. The molecule has 1 saturated carbocycles. The highest BCUT2D eigenvalue weighted by Gasteiger charge is 2.96. The molecule has 3 saturated heterocycles. The molecule has 1 amide bonds. The van der Waals surface area contributed by atoms with Crippen LogP contribution in [0.1, 0.15) is 36.0 Å². The molecule has 0 spiro atoms. The number of halogens is 1.